The molecule has 0 radical (unpaired) electrons. The first-order valence-electron chi connectivity index (χ1n) is 10.5. The number of anilines is 1. The van der Waals surface area contributed by atoms with E-state index in [-0.39, 0.29) is 18.5 Å². The van der Waals surface area contributed by atoms with Crippen molar-refractivity contribution in [1.29, 1.82) is 0 Å². The summed E-state index contributed by atoms with van der Waals surface area (Å²) in [6, 6.07) is 3.46. The molecule has 4 aliphatic heterocycles. The quantitative estimate of drug-likeness (QED) is 0.453. The third-order valence-electron chi connectivity index (χ3n) is 7.08. The first-order valence-corrected chi connectivity index (χ1v) is 10.5. The highest BCUT2D eigenvalue weighted by molar-refractivity contribution is 6.17. The van der Waals surface area contributed by atoms with Crippen molar-refractivity contribution < 1.29 is 34.4 Å². The number of aliphatic hydroxyl groups excluding tert-OH is 1. The zero-order chi connectivity index (χ0) is 23.2. The normalized spacial score (nSPS) is 37.4. The second-order valence-corrected chi connectivity index (χ2v) is 9.10. The van der Waals surface area contributed by atoms with E-state index in [1.165, 1.54) is 13.2 Å². The van der Waals surface area contributed by atoms with Gasteiger partial charge in [-0.05, 0) is 32.4 Å². The number of nitrogens with zero attached hydrogens (tertiary/aromatic N) is 2. The van der Waals surface area contributed by atoms with Gasteiger partial charge in [0, 0.05) is 30.3 Å². The number of methoxy groups -OCH3 is 1. The minimum absolute atomic E-state index is 0.00753. The predicted molar refractivity (Wildman–Crippen MR) is 111 cm³/mol. The third-order valence-corrected chi connectivity index (χ3v) is 7.08. The molecule has 4 N–H and O–H groups in total. The van der Waals surface area contributed by atoms with Crippen LogP contribution in [0.25, 0.3) is 0 Å². The number of hydrogen-bond acceptors (Lipinski definition) is 8. The topological polar surface area (TPSA) is 140 Å². The summed E-state index contributed by atoms with van der Waals surface area (Å²) >= 11 is 0. The van der Waals surface area contributed by atoms with Gasteiger partial charge in [0.1, 0.15) is 11.9 Å². The number of nitrogens with one attached hydrogen (secondary N) is 1. The molecule has 32 heavy (non-hydrogen) atoms. The van der Waals surface area contributed by atoms with E-state index in [9.17, 15) is 29.7 Å². The smallest absolute Gasteiger partial charge is 0.281 e. The maximum absolute atomic E-state index is 13.7. The highest BCUT2D eigenvalue weighted by Gasteiger charge is 2.79. The van der Waals surface area contributed by atoms with E-state index in [4.69, 9.17) is 4.74 Å². The van der Waals surface area contributed by atoms with Crippen LogP contribution in [-0.4, -0.2) is 85.5 Å². The summed E-state index contributed by atoms with van der Waals surface area (Å²) in [6.45, 7) is 3.53. The van der Waals surface area contributed by atoms with E-state index in [0.717, 1.165) is 9.80 Å². The molecule has 170 valence electrons. The van der Waals surface area contributed by atoms with Crippen LogP contribution in [0.5, 0.6) is 5.75 Å². The second kappa shape index (κ2) is 6.31. The number of Topliss-reactive ketones (excluding diaryl/α,β-unsaturated/α-hetero) is 1. The Balaban J connectivity index is 1.74. The Morgan fingerprint density at radius 1 is 1.22 bits per heavy atom. The number of fused-ring (bicyclic) bond motifs is 3. The number of carbonyl (C=O) groups excluding carboxylic acids is 3. The van der Waals surface area contributed by atoms with Crippen molar-refractivity contribution in [2.24, 2.45) is 0 Å². The van der Waals surface area contributed by atoms with Gasteiger partial charge in [0.05, 0.1) is 13.2 Å². The monoisotopic (exact) mass is 443 g/mol. The predicted octanol–water partition coefficient (Wildman–Crippen LogP) is -0.407. The lowest BCUT2D eigenvalue weighted by Crippen LogP contribution is -2.76. The average Bonchev–Trinajstić information content (AvgIpc) is 3.34. The van der Waals surface area contributed by atoms with Crippen LogP contribution in [0.1, 0.15) is 37.0 Å². The van der Waals surface area contributed by atoms with Crippen LogP contribution < -0.4 is 10.1 Å². The summed E-state index contributed by atoms with van der Waals surface area (Å²) in [5.74, 6) is -2.03. The standard InChI is InChI=1S/C22H25N3O7/c1-11(2)9-15-21(16(26)13-6-5-12(32-3)10-14(13)23-21)17(27)22(31)19(29)24-8-4-7-20(24,30)18(28)25(15)22/h5-6,9-10,15,17,23,27,30-31H,4,7-8H2,1-3H3. The lowest BCUT2D eigenvalue weighted by molar-refractivity contribution is -0.234. The molecule has 0 saturated carbocycles. The molecular weight excluding hydrogens is 418 g/mol. The molecule has 4 aliphatic rings. The number of piperazine rings is 1. The highest BCUT2D eigenvalue weighted by atomic mass is 16.5. The van der Waals surface area contributed by atoms with Crippen molar-refractivity contribution in [3.8, 4) is 5.75 Å². The molecule has 1 spiro atoms. The summed E-state index contributed by atoms with van der Waals surface area (Å²) in [5.41, 5.74) is -5.50. The van der Waals surface area contributed by atoms with Gasteiger partial charge in [0.15, 0.2) is 11.3 Å². The molecule has 0 aromatic heterocycles. The molecule has 2 amide bonds. The van der Waals surface area contributed by atoms with Gasteiger partial charge >= 0.3 is 0 Å². The first-order chi connectivity index (χ1) is 15.0. The van der Waals surface area contributed by atoms with E-state index < -0.39 is 46.7 Å². The molecule has 10 heteroatoms. The Morgan fingerprint density at radius 3 is 2.59 bits per heavy atom. The van der Waals surface area contributed by atoms with E-state index in [2.05, 4.69) is 5.32 Å². The van der Waals surface area contributed by atoms with Crippen LogP contribution in [0.15, 0.2) is 29.8 Å². The maximum Gasteiger partial charge on any atom is 0.281 e. The van der Waals surface area contributed by atoms with Crippen LogP contribution in [0.2, 0.25) is 0 Å². The van der Waals surface area contributed by atoms with Gasteiger partial charge in [-0.15, -0.1) is 0 Å². The van der Waals surface area contributed by atoms with Gasteiger partial charge in [0.25, 0.3) is 17.5 Å². The molecular formula is C22H25N3O7. The summed E-state index contributed by atoms with van der Waals surface area (Å²) in [4.78, 5) is 42.4. The van der Waals surface area contributed by atoms with Gasteiger partial charge < -0.3 is 30.3 Å². The largest absolute Gasteiger partial charge is 0.497 e. The molecule has 1 aromatic carbocycles. The van der Waals surface area contributed by atoms with Crippen LogP contribution >= 0.6 is 0 Å². The van der Waals surface area contributed by atoms with E-state index in [1.807, 2.05) is 0 Å². The number of ketones is 1. The second-order valence-electron chi connectivity index (χ2n) is 9.10. The van der Waals surface area contributed by atoms with Gasteiger partial charge in [-0.3, -0.25) is 19.3 Å². The molecule has 3 saturated heterocycles. The molecule has 1 aromatic rings. The fourth-order valence-electron chi connectivity index (χ4n) is 5.59. The lowest BCUT2D eigenvalue weighted by Gasteiger charge is -2.49. The van der Waals surface area contributed by atoms with E-state index in [1.54, 1.807) is 32.1 Å². The number of allylic oxidation sites excluding steroid dienone is 1. The number of aliphatic hydroxyl groups is 3. The maximum atomic E-state index is 13.7. The van der Waals surface area contributed by atoms with E-state index in [0.29, 0.717) is 23.4 Å². The number of benzene rings is 1. The number of rotatable bonds is 2. The minimum Gasteiger partial charge on any atom is -0.497 e. The van der Waals surface area contributed by atoms with E-state index >= 15 is 0 Å². The zero-order valence-corrected chi connectivity index (χ0v) is 18.0. The summed E-state index contributed by atoms with van der Waals surface area (Å²) in [5, 5.41) is 37.1. The third kappa shape index (κ3) is 2.17. The van der Waals surface area contributed by atoms with Gasteiger partial charge in [-0.25, -0.2) is 0 Å². The van der Waals surface area contributed by atoms with Gasteiger partial charge in [-0.1, -0.05) is 11.6 Å². The number of carbonyl (C=O) groups is 3. The van der Waals surface area contributed by atoms with Crippen molar-refractivity contribution in [1.82, 2.24) is 9.80 Å². The fraction of sp³-hybridized carbons (Fsp3) is 0.500. The molecule has 3 fully saturated rings. The van der Waals surface area contributed by atoms with Crippen LogP contribution in [0.3, 0.4) is 0 Å². The fourth-order valence-corrected chi connectivity index (χ4v) is 5.59. The summed E-state index contributed by atoms with van der Waals surface area (Å²) in [7, 11) is 1.47. The molecule has 0 bridgehead atoms. The molecule has 10 nitrogen and oxygen atoms in total. The first kappa shape index (κ1) is 20.9. The van der Waals surface area contributed by atoms with Crippen LogP contribution in [0, 0.1) is 0 Å². The van der Waals surface area contributed by atoms with Crippen LogP contribution in [-0.2, 0) is 9.59 Å². The minimum atomic E-state index is -2.72. The molecule has 4 heterocycles. The Morgan fingerprint density at radius 2 is 1.94 bits per heavy atom. The van der Waals surface area contributed by atoms with Crippen molar-refractivity contribution in [2.45, 2.75) is 55.8 Å². The number of ether oxygens (including phenoxy) is 1. The van der Waals surface area contributed by atoms with Crippen molar-refractivity contribution in [3.63, 3.8) is 0 Å². The Kier molecular flexibility index (Phi) is 4.12. The Hall–Kier alpha value is -2.95. The van der Waals surface area contributed by atoms with Crippen molar-refractivity contribution in [2.75, 3.05) is 19.0 Å². The van der Waals surface area contributed by atoms with Crippen molar-refractivity contribution in [3.05, 3.63) is 35.4 Å². The SMILES string of the molecule is COc1ccc2c(c1)NC1(C2=O)C(C=C(C)C)N2C(=O)C3(O)CCCN3C(=O)C2(O)C1O. The van der Waals surface area contributed by atoms with Gasteiger partial charge in [-0.2, -0.15) is 0 Å². The lowest BCUT2D eigenvalue weighted by atomic mass is 9.81. The average molecular weight is 443 g/mol. The zero-order valence-electron chi connectivity index (χ0n) is 18.0. The van der Waals surface area contributed by atoms with Crippen LogP contribution in [0.4, 0.5) is 5.69 Å². The molecule has 5 unspecified atom stereocenters. The summed E-state index contributed by atoms with van der Waals surface area (Å²) in [6.07, 6.45) is -0.0697. The highest BCUT2D eigenvalue weighted by Crippen LogP contribution is 2.53. The molecule has 5 atom stereocenters. The van der Waals surface area contributed by atoms with Gasteiger partial charge in [0.2, 0.25) is 5.72 Å². The number of amides is 2. The molecule has 0 aliphatic carbocycles. The number of hydrogen-bond donors (Lipinski definition) is 4. The van der Waals surface area contributed by atoms with Crippen molar-refractivity contribution >= 4 is 23.3 Å². The molecule has 5 rings (SSSR count). The Bertz CT molecular complexity index is 1100. The summed E-state index contributed by atoms with van der Waals surface area (Å²) < 4.78 is 5.22. The Labute approximate surface area is 184 Å².